The van der Waals surface area contributed by atoms with Crippen molar-refractivity contribution in [1.29, 1.82) is 0 Å². The lowest BCUT2D eigenvalue weighted by Gasteiger charge is -2.12. The van der Waals surface area contributed by atoms with E-state index in [0.717, 1.165) is 37.3 Å². The number of phenolic OH excluding ortho intramolecular Hbond substituents is 1. The predicted molar refractivity (Wildman–Crippen MR) is 80.8 cm³/mol. The summed E-state index contributed by atoms with van der Waals surface area (Å²) in [5.41, 5.74) is 1.25. The monoisotopic (exact) mass is 273 g/mol. The second-order valence-corrected chi connectivity index (χ2v) is 5.21. The van der Waals surface area contributed by atoms with E-state index in [1.165, 1.54) is 5.56 Å². The first kappa shape index (κ1) is 14.7. The fraction of sp³-hybridized carbons (Fsp3) is 0.412. The van der Waals surface area contributed by atoms with E-state index >= 15 is 0 Å². The zero-order chi connectivity index (χ0) is 14.4. The first-order chi connectivity index (χ1) is 9.67. The van der Waals surface area contributed by atoms with Crippen LogP contribution in [0.1, 0.15) is 37.4 Å². The second-order valence-electron chi connectivity index (χ2n) is 5.21. The van der Waals surface area contributed by atoms with Crippen LogP contribution in [-0.2, 0) is 19.4 Å². The van der Waals surface area contributed by atoms with Crippen LogP contribution in [0.3, 0.4) is 0 Å². The van der Waals surface area contributed by atoms with Gasteiger partial charge in [-0.2, -0.15) is 0 Å². The smallest absolute Gasteiger partial charge is 0.117 e. The van der Waals surface area contributed by atoms with Crippen molar-refractivity contribution in [3.8, 4) is 5.75 Å². The number of phenols is 1. The van der Waals surface area contributed by atoms with Gasteiger partial charge in [-0.1, -0.05) is 19.1 Å². The SMILES string of the molecule is CCc1ccc(CNC(C)CCc2ccc(O)cc2)o1. The quantitative estimate of drug-likeness (QED) is 0.809. The molecule has 1 aromatic carbocycles. The molecule has 0 saturated carbocycles. The molecule has 2 N–H and O–H groups in total. The van der Waals surface area contributed by atoms with Crippen molar-refractivity contribution < 1.29 is 9.52 Å². The molecule has 0 bridgehead atoms. The Morgan fingerprint density at radius 1 is 1.10 bits per heavy atom. The molecule has 0 radical (unpaired) electrons. The summed E-state index contributed by atoms with van der Waals surface area (Å²) in [7, 11) is 0. The largest absolute Gasteiger partial charge is 0.508 e. The van der Waals surface area contributed by atoms with Crippen molar-refractivity contribution in [2.45, 2.75) is 45.7 Å². The number of furan rings is 1. The summed E-state index contributed by atoms with van der Waals surface area (Å²) < 4.78 is 5.67. The number of hydrogen-bond acceptors (Lipinski definition) is 3. The Labute approximate surface area is 120 Å². The molecule has 3 heteroatoms. The molecular weight excluding hydrogens is 250 g/mol. The standard InChI is InChI=1S/C17H23NO2/c1-3-16-10-11-17(20-16)12-18-13(2)4-5-14-6-8-15(19)9-7-14/h6-11,13,18-19H,3-5,12H2,1-2H3. The highest BCUT2D eigenvalue weighted by Crippen LogP contribution is 2.12. The Hall–Kier alpha value is -1.74. The van der Waals surface area contributed by atoms with Crippen LogP contribution in [0.5, 0.6) is 5.75 Å². The van der Waals surface area contributed by atoms with Crippen molar-refractivity contribution in [3.05, 3.63) is 53.5 Å². The fourth-order valence-electron chi connectivity index (χ4n) is 2.13. The maximum atomic E-state index is 9.24. The maximum absolute atomic E-state index is 9.24. The summed E-state index contributed by atoms with van der Waals surface area (Å²) >= 11 is 0. The van der Waals surface area contributed by atoms with Gasteiger partial charge in [0.1, 0.15) is 17.3 Å². The third-order valence-corrected chi connectivity index (χ3v) is 3.49. The van der Waals surface area contributed by atoms with Gasteiger partial charge < -0.3 is 14.8 Å². The zero-order valence-corrected chi connectivity index (χ0v) is 12.2. The van der Waals surface area contributed by atoms with E-state index in [0.29, 0.717) is 11.8 Å². The minimum atomic E-state index is 0.324. The summed E-state index contributed by atoms with van der Waals surface area (Å²) in [6.45, 7) is 5.05. The number of aromatic hydroxyl groups is 1. The summed E-state index contributed by atoms with van der Waals surface area (Å²) in [6.07, 6.45) is 3.01. The molecule has 1 heterocycles. The van der Waals surface area contributed by atoms with E-state index in [1.807, 2.05) is 24.3 Å². The van der Waals surface area contributed by atoms with Crippen LogP contribution in [-0.4, -0.2) is 11.1 Å². The van der Waals surface area contributed by atoms with Gasteiger partial charge in [-0.25, -0.2) is 0 Å². The molecule has 2 rings (SSSR count). The molecule has 1 atom stereocenters. The Kier molecular flexibility index (Phi) is 5.24. The van der Waals surface area contributed by atoms with E-state index in [1.54, 1.807) is 12.1 Å². The summed E-state index contributed by atoms with van der Waals surface area (Å²) in [6, 6.07) is 11.9. The first-order valence-corrected chi connectivity index (χ1v) is 7.26. The normalized spacial score (nSPS) is 12.5. The van der Waals surface area contributed by atoms with Gasteiger partial charge in [-0.15, -0.1) is 0 Å². The zero-order valence-electron chi connectivity index (χ0n) is 12.2. The van der Waals surface area contributed by atoms with Crippen LogP contribution in [0.4, 0.5) is 0 Å². The lowest BCUT2D eigenvalue weighted by atomic mass is 10.1. The van der Waals surface area contributed by atoms with Crippen molar-refractivity contribution in [3.63, 3.8) is 0 Å². The van der Waals surface area contributed by atoms with E-state index in [9.17, 15) is 5.11 Å². The Morgan fingerprint density at radius 2 is 1.80 bits per heavy atom. The number of rotatable bonds is 7. The number of benzene rings is 1. The molecule has 0 aliphatic rings. The summed E-state index contributed by atoms with van der Waals surface area (Å²) in [4.78, 5) is 0. The third-order valence-electron chi connectivity index (χ3n) is 3.49. The van der Waals surface area contributed by atoms with Gasteiger partial charge in [-0.05, 0) is 49.6 Å². The van der Waals surface area contributed by atoms with Crippen LogP contribution in [0.25, 0.3) is 0 Å². The molecule has 0 saturated heterocycles. The molecule has 0 aliphatic heterocycles. The molecule has 20 heavy (non-hydrogen) atoms. The summed E-state index contributed by atoms with van der Waals surface area (Å²) in [5.74, 6) is 2.36. The molecule has 108 valence electrons. The highest BCUT2D eigenvalue weighted by atomic mass is 16.3. The average Bonchev–Trinajstić information content (AvgIpc) is 2.92. The second kappa shape index (κ2) is 7.15. The number of nitrogens with one attached hydrogen (secondary N) is 1. The molecule has 0 spiro atoms. The van der Waals surface area contributed by atoms with E-state index in [2.05, 4.69) is 19.2 Å². The van der Waals surface area contributed by atoms with Gasteiger partial charge in [0.25, 0.3) is 0 Å². The van der Waals surface area contributed by atoms with Crippen LogP contribution >= 0.6 is 0 Å². The maximum Gasteiger partial charge on any atom is 0.117 e. The molecule has 3 nitrogen and oxygen atoms in total. The van der Waals surface area contributed by atoms with Gasteiger partial charge in [0, 0.05) is 12.5 Å². The van der Waals surface area contributed by atoms with Crippen molar-refractivity contribution >= 4 is 0 Å². The minimum Gasteiger partial charge on any atom is -0.508 e. The van der Waals surface area contributed by atoms with Crippen LogP contribution in [0.15, 0.2) is 40.8 Å². The number of aryl methyl sites for hydroxylation is 2. The minimum absolute atomic E-state index is 0.324. The molecule has 0 amide bonds. The lowest BCUT2D eigenvalue weighted by molar-refractivity contribution is 0.424. The van der Waals surface area contributed by atoms with Crippen LogP contribution in [0.2, 0.25) is 0 Å². The fourth-order valence-corrected chi connectivity index (χ4v) is 2.13. The number of hydrogen-bond donors (Lipinski definition) is 2. The lowest BCUT2D eigenvalue weighted by Crippen LogP contribution is -2.25. The Bertz CT molecular complexity index is 516. The van der Waals surface area contributed by atoms with Gasteiger partial charge in [-0.3, -0.25) is 0 Å². The van der Waals surface area contributed by atoms with Gasteiger partial charge >= 0.3 is 0 Å². The van der Waals surface area contributed by atoms with Crippen LogP contribution in [0, 0.1) is 0 Å². The third kappa shape index (κ3) is 4.42. The van der Waals surface area contributed by atoms with Gasteiger partial charge in [0.15, 0.2) is 0 Å². The van der Waals surface area contributed by atoms with Gasteiger partial charge in [0.05, 0.1) is 6.54 Å². The average molecular weight is 273 g/mol. The van der Waals surface area contributed by atoms with E-state index in [-0.39, 0.29) is 0 Å². The van der Waals surface area contributed by atoms with Crippen molar-refractivity contribution in [2.75, 3.05) is 0 Å². The van der Waals surface area contributed by atoms with Crippen molar-refractivity contribution in [1.82, 2.24) is 5.32 Å². The molecule has 2 aromatic rings. The molecule has 0 fully saturated rings. The van der Waals surface area contributed by atoms with Crippen molar-refractivity contribution in [2.24, 2.45) is 0 Å². The molecular formula is C17H23NO2. The van der Waals surface area contributed by atoms with Crippen LogP contribution < -0.4 is 5.32 Å². The highest BCUT2D eigenvalue weighted by molar-refractivity contribution is 5.25. The molecule has 0 aliphatic carbocycles. The van der Waals surface area contributed by atoms with E-state index < -0.39 is 0 Å². The van der Waals surface area contributed by atoms with E-state index in [4.69, 9.17) is 4.42 Å². The predicted octanol–water partition coefficient (Wildman–Crippen LogP) is 3.66. The Balaban J connectivity index is 1.72. The highest BCUT2D eigenvalue weighted by Gasteiger charge is 2.05. The van der Waals surface area contributed by atoms with Gasteiger partial charge in [0.2, 0.25) is 0 Å². The first-order valence-electron chi connectivity index (χ1n) is 7.26. The Morgan fingerprint density at radius 3 is 2.45 bits per heavy atom. The topological polar surface area (TPSA) is 45.4 Å². The molecule has 1 unspecified atom stereocenters. The molecule has 1 aromatic heterocycles. The summed E-state index contributed by atoms with van der Waals surface area (Å²) in [5, 5.41) is 12.7.